The fourth-order valence-corrected chi connectivity index (χ4v) is 3.12. The highest BCUT2D eigenvalue weighted by Crippen LogP contribution is 2.32. The lowest BCUT2D eigenvalue weighted by Gasteiger charge is -2.14. The molecule has 1 aliphatic rings. The number of carbonyl (C=O) groups is 1. The molecule has 1 unspecified atom stereocenters. The third kappa shape index (κ3) is 4.76. The Balaban J connectivity index is 1.70. The summed E-state index contributed by atoms with van der Waals surface area (Å²) in [6.07, 6.45) is 10.0. The van der Waals surface area contributed by atoms with Crippen LogP contribution in [0.15, 0.2) is 18.2 Å². The number of hydrogen-bond acceptors (Lipinski definition) is 2. The number of unbranched alkanes of at least 4 members (excludes halogenated alkanes) is 5. The Morgan fingerprint density at radius 2 is 2.00 bits per heavy atom. The first kappa shape index (κ1) is 15.9. The van der Waals surface area contributed by atoms with E-state index in [1.54, 1.807) is 0 Å². The third-order valence-corrected chi connectivity index (χ3v) is 4.34. The molecule has 1 aromatic rings. The maximum Gasteiger partial charge on any atom is 0.220 e. The van der Waals surface area contributed by atoms with Gasteiger partial charge in [0.15, 0.2) is 0 Å². The monoisotopic (exact) mass is 288 g/mol. The van der Waals surface area contributed by atoms with Crippen LogP contribution < -0.4 is 11.1 Å². The molecule has 3 N–H and O–H groups in total. The van der Waals surface area contributed by atoms with Crippen molar-refractivity contribution >= 4 is 11.6 Å². The number of nitrogen functional groups attached to an aromatic ring is 1. The van der Waals surface area contributed by atoms with Gasteiger partial charge < -0.3 is 11.1 Å². The van der Waals surface area contributed by atoms with E-state index < -0.39 is 0 Å². The highest BCUT2D eigenvalue weighted by atomic mass is 16.1. The number of nitrogens with one attached hydrogen (secondary N) is 1. The summed E-state index contributed by atoms with van der Waals surface area (Å²) in [6.45, 7) is 2.22. The van der Waals surface area contributed by atoms with Crippen molar-refractivity contribution in [2.45, 2.75) is 70.8 Å². The van der Waals surface area contributed by atoms with Crippen molar-refractivity contribution in [2.24, 2.45) is 0 Å². The third-order valence-electron chi connectivity index (χ3n) is 4.34. The Kier molecular flexibility index (Phi) is 6.09. The number of rotatable bonds is 8. The van der Waals surface area contributed by atoms with E-state index in [9.17, 15) is 4.79 Å². The quantitative estimate of drug-likeness (QED) is 0.558. The summed E-state index contributed by atoms with van der Waals surface area (Å²) >= 11 is 0. The average molecular weight is 288 g/mol. The topological polar surface area (TPSA) is 55.1 Å². The molecule has 0 aromatic heterocycles. The standard InChI is InChI=1S/C18H28N2O/c1-2-3-4-5-6-7-8-18(21)20-17-12-9-14-13-15(19)10-11-16(14)17/h10-11,13,17H,2-9,12,19H2,1H3,(H,20,21). The Morgan fingerprint density at radius 3 is 2.81 bits per heavy atom. The highest BCUT2D eigenvalue weighted by Gasteiger charge is 2.23. The van der Waals surface area contributed by atoms with E-state index in [1.165, 1.54) is 43.2 Å². The fraction of sp³-hybridized carbons (Fsp3) is 0.611. The Hall–Kier alpha value is -1.51. The molecule has 1 aromatic carbocycles. The summed E-state index contributed by atoms with van der Waals surface area (Å²) in [5, 5.41) is 3.18. The van der Waals surface area contributed by atoms with Crippen molar-refractivity contribution in [3.05, 3.63) is 29.3 Å². The van der Waals surface area contributed by atoms with Crippen LogP contribution in [-0.4, -0.2) is 5.91 Å². The molecule has 1 amide bonds. The molecular weight excluding hydrogens is 260 g/mol. The molecule has 21 heavy (non-hydrogen) atoms. The van der Waals surface area contributed by atoms with Crippen LogP contribution in [0, 0.1) is 0 Å². The first-order valence-corrected chi connectivity index (χ1v) is 8.38. The first-order chi connectivity index (χ1) is 10.2. The normalized spacial score (nSPS) is 16.7. The SMILES string of the molecule is CCCCCCCCC(=O)NC1CCc2cc(N)ccc21. The summed E-state index contributed by atoms with van der Waals surface area (Å²) in [7, 11) is 0. The van der Waals surface area contributed by atoms with Crippen LogP contribution in [0.3, 0.4) is 0 Å². The van der Waals surface area contributed by atoms with Crippen LogP contribution in [-0.2, 0) is 11.2 Å². The van der Waals surface area contributed by atoms with Crippen molar-refractivity contribution in [3.63, 3.8) is 0 Å². The second kappa shape index (κ2) is 8.06. The van der Waals surface area contributed by atoms with Crippen LogP contribution in [0.25, 0.3) is 0 Å². The molecule has 0 bridgehead atoms. The van der Waals surface area contributed by atoms with Gasteiger partial charge in [-0.1, -0.05) is 45.1 Å². The summed E-state index contributed by atoms with van der Waals surface area (Å²) < 4.78 is 0. The van der Waals surface area contributed by atoms with Crippen LogP contribution in [0.2, 0.25) is 0 Å². The van der Waals surface area contributed by atoms with Crippen LogP contribution in [0.5, 0.6) is 0 Å². The smallest absolute Gasteiger partial charge is 0.220 e. The van der Waals surface area contributed by atoms with E-state index in [1.807, 2.05) is 12.1 Å². The van der Waals surface area contributed by atoms with E-state index in [2.05, 4.69) is 18.3 Å². The van der Waals surface area contributed by atoms with Crippen molar-refractivity contribution in [1.29, 1.82) is 0 Å². The van der Waals surface area contributed by atoms with Gasteiger partial charge in [0, 0.05) is 12.1 Å². The van der Waals surface area contributed by atoms with Gasteiger partial charge in [-0.05, 0) is 42.5 Å². The molecule has 0 fully saturated rings. The molecule has 0 saturated carbocycles. The summed E-state index contributed by atoms with van der Waals surface area (Å²) in [5.74, 6) is 0.195. The van der Waals surface area contributed by atoms with Crippen molar-refractivity contribution < 1.29 is 4.79 Å². The number of amides is 1. The van der Waals surface area contributed by atoms with Crippen LogP contribution in [0.4, 0.5) is 5.69 Å². The van der Waals surface area contributed by atoms with Gasteiger partial charge in [0.25, 0.3) is 0 Å². The Labute approximate surface area is 128 Å². The zero-order valence-corrected chi connectivity index (χ0v) is 13.2. The molecule has 3 heteroatoms. The summed E-state index contributed by atoms with van der Waals surface area (Å²) in [4.78, 5) is 12.0. The zero-order valence-electron chi connectivity index (χ0n) is 13.2. The first-order valence-electron chi connectivity index (χ1n) is 8.38. The van der Waals surface area contributed by atoms with Gasteiger partial charge in [-0.2, -0.15) is 0 Å². The summed E-state index contributed by atoms with van der Waals surface area (Å²) in [5.41, 5.74) is 9.16. The maximum atomic E-state index is 12.0. The van der Waals surface area contributed by atoms with Gasteiger partial charge in [0.05, 0.1) is 6.04 Å². The summed E-state index contributed by atoms with van der Waals surface area (Å²) in [6, 6.07) is 6.22. The van der Waals surface area contributed by atoms with Crippen molar-refractivity contribution in [1.82, 2.24) is 5.32 Å². The predicted molar refractivity (Wildman–Crippen MR) is 88.1 cm³/mol. The number of aryl methyl sites for hydroxylation is 1. The van der Waals surface area contributed by atoms with Crippen molar-refractivity contribution in [3.8, 4) is 0 Å². The molecular formula is C18H28N2O. The molecule has 0 spiro atoms. The Bertz CT molecular complexity index is 470. The van der Waals surface area contributed by atoms with Gasteiger partial charge in [0.1, 0.15) is 0 Å². The lowest BCUT2D eigenvalue weighted by atomic mass is 10.1. The molecule has 1 atom stereocenters. The molecule has 0 aliphatic heterocycles. The van der Waals surface area contributed by atoms with E-state index in [4.69, 9.17) is 5.73 Å². The van der Waals surface area contributed by atoms with E-state index >= 15 is 0 Å². The minimum absolute atomic E-state index is 0.188. The average Bonchev–Trinajstić information content (AvgIpc) is 2.85. The minimum Gasteiger partial charge on any atom is -0.399 e. The van der Waals surface area contributed by atoms with Gasteiger partial charge in [-0.25, -0.2) is 0 Å². The molecule has 0 heterocycles. The fourth-order valence-electron chi connectivity index (χ4n) is 3.12. The number of fused-ring (bicyclic) bond motifs is 1. The van der Waals surface area contributed by atoms with Crippen LogP contribution in [0.1, 0.15) is 75.5 Å². The Morgan fingerprint density at radius 1 is 1.24 bits per heavy atom. The number of carbonyl (C=O) groups excluding carboxylic acids is 1. The molecule has 2 rings (SSSR count). The van der Waals surface area contributed by atoms with Gasteiger partial charge in [0.2, 0.25) is 5.91 Å². The lowest BCUT2D eigenvalue weighted by Crippen LogP contribution is -2.26. The maximum absolute atomic E-state index is 12.0. The molecule has 3 nitrogen and oxygen atoms in total. The van der Waals surface area contributed by atoms with Gasteiger partial charge in [-0.3, -0.25) is 4.79 Å². The highest BCUT2D eigenvalue weighted by molar-refractivity contribution is 5.76. The molecule has 116 valence electrons. The van der Waals surface area contributed by atoms with Gasteiger partial charge >= 0.3 is 0 Å². The van der Waals surface area contributed by atoms with Gasteiger partial charge in [-0.15, -0.1) is 0 Å². The predicted octanol–water partition coefficient (Wildman–Crippen LogP) is 4.12. The minimum atomic E-state index is 0.188. The molecule has 0 radical (unpaired) electrons. The zero-order chi connectivity index (χ0) is 15.1. The molecule has 1 aliphatic carbocycles. The second-order valence-corrected chi connectivity index (χ2v) is 6.13. The number of anilines is 1. The number of hydrogen-bond donors (Lipinski definition) is 2. The lowest BCUT2D eigenvalue weighted by molar-refractivity contribution is -0.121. The van der Waals surface area contributed by atoms with E-state index in [0.29, 0.717) is 6.42 Å². The largest absolute Gasteiger partial charge is 0.399 e. The van der Waals surface area contributed by atoms with Crippen LogP contribution >= 0.6 is 0 Å². The number of benzene rings is 1. The number of nitrogens with two attached hydrogens (primary N) is 1. The second-order valence-electron chi connectivity index (χ2n) is 6.13. The van der Waals surface area contributed by atoms with E-state index in [0.717, 1.165) is 24.9 Å². The van der Waals surface area contributed by atoms with E-state index in [-0.39, 0.29) is 11.9 Å². The molecule has 0 saturated heterocycles. The van der Waals surface area contributed by atoms with Crippen molar-refractivity contribution in [2.75, 3.05) is 5.73 Å².